The van der Waals surface area contributed by atoms with Gasteiger partial charge in [0.25, 0.3) is 11.8 Å². The van der Waals surface area contributed by atoms with E-state index in [1.807, 2.05) is 0 Å². The van der Waals surface area contributed by atoms with Gasteiger partial charge in [0, 0.05) is 23.9 Å². The van der Waals surface area contributed by atoms with Crippen LogP contribution in [0.1, 0.15) is 17.3 Å². The van der Waals surface area contributed by atoms with Crippen molar-refractivity contribution in [3.8, 4) is 11.5 Å². The van der Waals surface area contributed by atoms with E-state index >= 15 is 0 Å². The summed E-state index contributed by atoms with van der Waals surface area (Å²) in [5.74, 6) is -1.08. The van der Waals surface area contributed by atoms with Crippen molar-refractivity contribution in [1.29, 1.82) is 0 Å². The van der Waals surface area contributed by atoms with E-state index in [1.165, 1.54) is 19.1 Å². The Hall–Kier alpha value is -4.08. The first kappa shape index (κ1) is 20.6. The van der Waals surface area contributed by atoms with E-state index in [1.54, 1.807) is 30.3 Å². The molecule has 156 valence electrons. The molecule has 3 rings (SSSR count). The quantitative estimate of drug-likeness (QED) is 0.583. The van der Waals surface area contributed by atoms with Gasteiger partial charge in [-0.3, -0.25) is 19.2 Å². The fraction of sp³-hybridized carbons (Fsp3) is 0.200. The fourth-order valence-corrected chi connectivity index (χ4v) is 2.56. The number of esters is 1. The lowest BCUT2D eigenvalue weighted by atomic mass is 10.2. The number of amides is 3. The van der Waals surface area contributed by atoms with Gasteiger partial charge in [-0.05, 0) is 36.4 Å². The van der Waals surface area contributed by atoms with Crippen molar-refractivity contribution >= 4 is 35.1 Å². The Morgan fingerprint density at radius 1 is 0.967 bits per heavy atom. The van der Waals surface area contributed by atoms with E-state index in [4.69, 9.17) is 14.2 Å². The molecular formula is C20H19N3O7. The Labute approximate surface area is 171 Å². The number of benzene rings is 2. The molecule has 0 saturated carbocycles. The van der Waals surface area contributed by atoms with E-state index in [9.17, 15) is 19.2 Å². The number of hydrogen-bond donors (Lipinski definition) is 3. The second-order valence-electron chi connectivity index (χ2n) is 6.22. The van der Waals surface area contributed by atoms with Crippen LogP contribution in [-0.2, 0) is 19.1 Å². The molecule has 0 saturated heterocycles. The predicted octanol–water partition coefficient (Wildman–Crippen LogP) is 1.29. The largest absolute Gasteiger partial charge is 0.454 e. The molecule has 0 spiro atoms. The first-order chi connectivity index (χ1) is 14.4. The van der Waals surface area contributed by atoms with Crippen molar-refractivity contribution in [3.05, 3.63) is 48.0 Å². The van der Waals surface area contributed by atoms with Crippen molar-refractivity contribution in [2.45, 2.75) is 6.92 Å². The van der Waals surface area contributed by atoms with E-state index in [-0.39, 0.29) is 12.7 Å². The van der Waals surface area contributed by atoms with Gasteiger partial charge in [-0.1, -0.05) is 6.07 Å². The molecule has 3 amide bonds. The number of carbonyl (C=O) groups is 4. The van der Waals surface area contributed by atoms with E-state index in [2.05, 4.69) is 16.0 Å². The summed E-state index contributed by atoms with van der Waals surface area (Å²) in [6.07, 6.45) is 0. The van der Waals surface area contributed by atoms with Crippen LogP contribution in [0, 0.1) is 0 Å². The molecule has 2 aromatic rings. The molecule has 2 aromatic carbocycles. The van der Waals surface area contributed by atoms with Crippen LogP contribution in [0.2, 0.25) is 0 Å². The summed E-state index contributed by atoms with van der Waals surface area (Å²) in [7, 11) is 0. The van der Waals surface area contributed by atoms with Crippen molar-refractivity contribution in [1.82, 2.24) is 5.32 Å². The van der Waals surface area contributed by atoms with E-state index < -0.39 is 30.9 Å². The summed E-state index contributed by atoms with van der Waals surface area (Å²) < 4.78 is 15.2. The molecule has 0 radical (unpaired) electrons. The van der Waals surface area contributed by atoms with Crippen LogP contribution in [0.15, 0.2) is 42.5 Å². The zero-order valence-electron chi connectivity index (χ0n) is 16.0. The lowest BCUT2D eigenvalue weighted by Crippen LogP contribution is -2.32. The van der Waals surface area contributed by atoms with Crippen LogP contribution in [0.25, 0.3) is 0 Å². The van der Waals surface area contributed by atoms with Crippen LogP contribution in [-0.4, -0.2) is 43.6 Å². The molecule has 0 fully saturated rings. The van der Waals surface area contributed by atoms with Crippen molar-refractivity contribution in [3.63, 3.8) is 0 Å². The molecule has 0 bridgehead atoms. The lowest BCUT2D eigenvalue weighted by Gasteiger charge is -2.09. The second-order valence-corrected chi connectivity index (χ2v) is 6.22. The highest BCUT2D eigenvalue weighted by Crippen LogP contribution is 2.32. The Bertz CT molecular complexity index is 990. The second kappa shape index (κ2) is 9.41. The summed E-state index contributed by atoms with van der Waals surface area (Å²) in [6, 6.07) is 11.1. The molecule has 0 unspecified atom stereocenters. The van der Waals surface area contributed by atoms with Gasteiger partial charge in [0.05, 0.1) is 0 Å². The van der Waals surface area contributed by atoms with Crippen LogP contribution < -0.4 is 25.4 Å². The molecule has 0 aromatic heterocycles. The maximum atomic E-state index is 12.1. The highest BCUT2D eigenvalue weighted by Gasteiger charge is 2.17. The Kier molecular flexibility index (Phi) is 6.48. The smallest absolute Gasteiger partial charge is 0.325 e. The minimum Gasteiger partial charge on any atom is -0.454 e. The monoisotopic (exact) mass is 413 g/mol. The van der Waals surface area contributed by atoms with E-state index in [0.717, 1.165) is 0 Å². The summed E-state index contributed by atoms with van der Waals surface area (Å²) in [4.78, 5) is 46.9. The van der Waals surface area contributed by atoms with Gasteiger partial charge in [-0.2, -0.15) is 0 Å². The summed E-state index contributed by atoms with van der Waals surface area (Å²) in [5, 5.41) is 7.54. The number of anilines is 2. The predicted molar refractivity (Wildman–Crippen MR) is 105 cm³/mol. The highest BCUT2D eigenvalue weighted by atomic mass is 16.7. The number of hydrogen-bond acceptors (Lipinski definition) is 7. The van der Waals surface area contributed by atoms with Crippen molar-refractivity contribution < 1.29 is 33.4 Å². The third kappa shape index (κ3) is 5.71. The Balaban J connectivity index is 1.41. The zero-order chi connectivity index (χ0) is 21.5. The number of fused-ring (bicyclic) bond motifs is 1. The fourth-order valence-electron chi connectivity index (χ4n) is 2.56. The molecule has 1 heterocycles. The highest BCUT2D eigenvalue weighted by molar-refractivity contribution is 5.97. The first-order valence-corrected chi connectivity index (χ1v) is 8.91. The number of nitrogens with one attached hydrogen (secondary N) is 3. The third-order valence-electron chi connectivity index (χ3n) is 3.86. The maximum absolute atomic E-state index is 12.1. The van der Waals surface area contributed by atoms with Crippen LogP contribution in [0.4, 0.5) is 11.4 Å². The molecule has 10 nitrogen and oxygen atoms in total. The molecule has 10 heteroatoms. The average molecular weight is 413 g/mol. The molecule has 3 N–H and O–H groups in total. The van der Waals surface area contributed by atoms with Gasteiger partial charge >= 0.3 is 5.97 Å². The maximum Gasteiger partial charge on any atom is 0.325 e. The van der Waals surface area contributed by atoms with Gasteiger partial charge in [0.15, 0.2) is 18.1 Å². The molecule has 1 aliphatic rings. The molecule has 0 aliphatic carbocycles. The number of rotatable bonds is 7. The summed E-state index contributed by atoms with van der Waals surface area (Å²) in [6.45, 7) is 0.532. The lowest BCUT2D eigenvalue weighted by molar-refractivity contribution is -0.146. The van der Waals surface area contributed by atoms with Crippen molar-refractivity contribution in [2.75, 3.05) is 30.6 Å². The van der Waals surface area contributed by atoms with E-state index in [0.29, 0.717) is 28.4 Å². The molecular weight excluding hydrogens is 394 g/mol. The van der Waals surface area contributed by atoms with Crippen molar-refractivity contribution in [2.24, 2.45) is 0 Å². The Morgan fingerprint density at radius 2 is 1.70 bits per heavy atom. The molecule has 1 aliphatic heterocycles. The SMILES string of the molecule is CC(=O)Nc1cccc(NC(=O)COC(=O)CNC(=O)c2ccc3c(c2)OCO3)c1. The van der Waals surface area contributed by atoms with Gasteiger partial charge in [-0.15, -0.1) is 0 Å². The number of carbonyl (C=O) groups excluding carboxylic acids is 4. The molecule has 0 atom stereocenters. The van der Waals surface area contributed by atoms with Gasteiger partial charge < -0.3 is 30.2 Å². The number of ether oxygens (including phenoxy) is 3. The van der Waals surface area contributed by atoms with Gasteiger partial charge in [0.2, 0.25) is 12.7 Å². The molecule has 30 heavy (non-hydrogen) atoms. The standard InChI is InChI=1S/C20H19N3O7/c1-12(24)22-14-3-2-4-15(8-14)23-18(25)10-28-19(26)9-21-20(27)13-5-6-16-17(7-13)30-11-29-16/h2-8H,9-11H2,1H3,(H,21,27)(H,22,24)(H,23,25). The van der Waals surface area contributed by atoms with Crippen LogP contribution in [0.3, 0.4) is 0 Å². The minimum atomic E-state index is -0.772. The van der Waals surface area contributed by atoms with Gasteiger partial charge in [-0.25, -0.2) is 0 Å². The average Bonchev–Trinajstić information content (AvgIpc) is 3.18. The first-order valence-electron chi connectivity index (χ1n) is 8.91. The third-order valence-corrected chi connectivity index (χ3v) is 3.86. The normalized spacial score (nSPS) is 11.4. The van der Waals surface area contributed by atoms with Crippen LogP contribution in [0.5, 0.6) is 11.5 Å². The Morgan fingerprint density at radius 3 is 2.47 bits per heavy atom. The van der Waals surface area contributed by atoms with Crippen LogP contribution >= 0.6 is 0 Å². The zero-order valence-corrected chi connectivity index (χ0v) is 16.0. The minimum absolute atomic E-state index is 0.0896. The summed E-state index contributed by atoms with van der Waals surface area (Å²) in [5.41, 5.74) is 1.24. The summed E-state index contributed by atoms with van der Waals surface area (Å²) >= 11 is 0. The topological polar surface area (TPSA) is 132 Å². The van der Waals surface area contributed by atoms with Gasteiger partial charge in [0.1, 0.15) is 6.54 Å².